The minimum Gasteiger partial charge on any atom is -0.493 e. The van der Waals surface area contributed by atoms with Gasteiger partial charge in [-0.2, -0.15) is 0 Å². The fourth-order valence-electron chi connectivity index (χ4n) is 2.44. The molecule has 27 heavy (non-hydrogen) atoms. The van der Waals surface area contributed by atoms with Crippen LogP contribution in [0.5, 0.6) is 5.75 Å². The van der Waals surface area contributed by atoms with Gasteiger partial charge in [-0.15, -0.1) is 24.0 Å². The number of ether oxygens (including phenoxy) is 1. The highest BCUT2D eigenvalue weighted by atomic mass is 127. The molecule has 0 spiro atoms. The van der Waals surface area contributed by atoms with Crippen molar-refractivity contribution in [2.24, 2.45) is 10.9 Å². The molecule has 1 fully saturated rings. The van der Waals surface area contributed by atoms with E-state index in [0.29, 0.717) is 25.5 Å². The number of nitrogens with one attached hydrogen (secondary N) is 2. The molecule has 0 saturated heterocycles. The van der Waals surface area contributed by atoms with Crippen LogP contribution < -0.4 is 15.4 Å². The molecule has 1 aliphatic rings. The van der Waals surface area contributed by atoms with Crippen LogP contribution in [-0.4, -0.2) is 50.6 Å². The van der Waals surface area contributed by atoms with Gasteiger partial charge in [0.05, 0.1) is 13.2 Å². The van der Waals surface area contributed by atoms with Gasteiger partial charge in [0.25, 0.3) is 0 Å². The summed E-state index contributed by atoms with van der Waals surface area (Å²) in [6.45, 7) is 6.76. The van der Waals surface area contributed by atoms with E-state index in [-0.39, 0.29) is 29.9 Å². The molecule has 1 saturated carbocycles. The monoisotopic (exact) mass is 488 g/mol. The highest BCUT2D eigenvalue weighted by molar-refractivity contribution is 14.0. The van der Waals surface area contributed by atoms with E-state index in [4.69, 9.17) is 4.74 Å². The Morgan fingerprint density at radius 3 is 2.67 bits per heavy atom. The molecule has 0 unspecified atom stereocenters. The molecule has 0 aromatic heterocycles. The van der Waals surface area contributed by atoms with Crippen molar-refractivity contribution in [3.05, 3.63) is 29.3 Å². The second-order valence-electron chi connectivity index (χ2n) is 7.03. The van der Waals surface area contributed by atoms with Crippen LogP contribution in [-0.2, 0) is 11.3 Å². The first-order chi connectivity index (χ1) is 12.5. The fourth-order valence-corrected chi connectivity index (χ4v) is 2.44. The van der Waals surface area contributed by atoms with E-state index in [0.717, 1.165) is 30.4 Å². The number of guanidine groups is 1. The van der Waals surface area contributed by atoms with Gasteiger partial charge in [-0.1, -0.05) is 12.1 Å². The van der Waals surface area contributed by atoms with Crippen LogP contribution in [0.3, 0.4) is 0 Å². The Labute approximate surface area is 180 Å². The normalized spacial score (nSPS) is 13.6. The molecular weight excluding hydrogens is 455 g/mol. The summed E-state index contributed by atoms with van der Waals surface area (Å²) >= 11 is 0. The highest BCUT2D eigenvalue weighted by Crippen LogP contribution is 2.30. The van der Waals surface area contributed by atoms with Crippen LogP contribution in [0.15, 0.2) is 23.2 Å². The summed E-state index contributed by atoms with van der Waals surface area (Å²) in [7, 11) is 3.53. The van der Waals surface area contributed by atoms with Crippen molar-refractivity contribution in [1.29, 1.82) is 0 Å². The van der Waals surface area contributed by atoms with Crippen LogP contribution in [0.1, 0.15) is 37.3 Å². The second-order valence-corrected chi connectivity index (χ2v) is 7.03. The van der Waals surface area contributed by atoms with Gasteiger partial charge in [0.1, 0.15) is 5.75 Å². The Kier molecular flexibility index (Phi) is 10.5. The Hall–Kier alpha value is -1.51. The average Bonchev–Trinajstić information content (AvgIpc) is 3.43. The highest BCUT2D eigenvalue weighted by Gasteiger charge is 2.22. The van der Waals surface area contributed by atoms with Gasteiger partial charge in [-0.25, -0.2) is 4.99 Å². The van der Waals surface area contributed by atoms with E-state index >= 15 is 0 Å². The second kappa shape index (κ2) is 12.0. The number of hydrogen-bond acceptors (Lipinski definition) is 3. The lowest BCUT2D eigenvalue weighted by atomic mass is 10.1. The zero-order valence-corrected chi connectivity index (χ0v) is 19.2. The molecule has 7 heteroatoms. The maximum Gasteiger partial charge on any atom is 0.223 e. The number of carbonyl (C=O) groups is 1. The topological polar surface area (TPSA) is 66.0 Å². The predicted molar refractivity (Wildman–Crippen MR) is 121 cm³/mol. The Balaban J connectivity index is 0.00000364. The van der Waals surface area contributed by atoms with Gasteiger partial charge in [-0.05, 0) is 44.2 Å². The van der Waals surface area contributed by atoms with Crippen molar-refractivity contribution in [3.8, 4) is 5.75 Å². The lowest BCUT2D eigenvalue weighted by Crippen LogP contribution is -2.39. The van der Waals surface area contributed by atoms with Gasteiger partial charge in [-0.3, -0.25) is 4.79 Å². The molecule has 6 nitrogen and oxygen atoms in total. The molecule has 0 bridgehead atoms. The molecule has 1 aliphatic carbocycles. The van der Waals surface area contributed by atoms with E-state index in [1.165, 1.54) is 18.4 Å². The van der Waals surface area contributed by atoms with Crippen LogP contribution >= 0.6 is 24.0 Å². The van der Waals surface area contributed by atoms with E-state index < -0.39 is 0 Å². The molecule has 1 aromatic rings. The van der Waals surface area contributed by atoms with Gasteiger partial charge < -0.3 is 20.3 Å². The van der Waals surface area contributed by atoms with Crippen LogP contribution in [0.2, 0.25) is 0 Å². The minimum atomic E-state index is 0. The lowest BCUT2D eigenvalue weighted by Gasteiger charge is -2.14. The third-order valence-corrected chi connectivity index (χ3v) is 4.28. The largest absolute Gasteiger partial charge is 0.493 e. The third kappa shape index (κ3) is 8.81. The van der Waals surface area contributed by atoms with Crippen LogP contribution in [0.4, 0.5) is 0 Å². The predicted octanol–water partition coefficient (Wildman–Crippen LogP) is 2.94. The van der Waals surface area contributed by atoms with E-state index in [1.54, 1.807) is 19.0 Å². The number of carbonyl (C=O) groups excluding carboxylic acids is 1. The standard InChI is InChI=1S/C20H32N4O2.HI/c1-5-21-20(22-11-10-19(25)24(3)4)23-13-17-9-6-15(2)12-18(17)26-14-16-7-8-16;/h6,9,12,16H,5,7-8,10-11,13-14H2,1-4H3,(H2,21,22,23);1H. The van der Waals surface area contributed by atoms with E-state index in [2.05, 4.69) is 40.7 Å². The zero-order valence-electron chi connectivity index (χ0n) is 16.9. The number of aryl methyl sites for hydroxylation is 1. The number of aliphatic imine (C=N–C) groups is 1. The fraction of sp³-hybridized carbons (Fsp3) is 0.600. The average molecular weight is 488 g/mol. The number of halogens is 1. The molecule has 1 amide bonds. The summed E-state index contributed by atoms with van der Waals surface area (Å²) in [6, 6.07) is 6.26. The first-order valence-corrected chi connectivity index (χ1v) is 9.44. The number of amides is 1. The summed E-state index contributed by atoms with van der Waals surface area (Å²) in [4.78, 5) is 17.9. The van der Waals surface area contributed by atoms with Gasteiger partial charge in [0.2, 0.25) is 5.91 Å². The SMILES string of the molecule is CCNC(=NCc1ccc(C)cc1OCC1CC1)NCCC(=O)N(C)C.I. The van der Waals surface area contributed by atoms with Crippen molar-refractivity contribution < 1.29 is 9.53 Å². The molecule has 0 atom stereocenters. The smallest absolute Gasteiger partial charge is 0.223 e. The molecule has 0 heterocycles. The molecule has 152 valence electrons. The summed E-state index contributed by atoms with van der Waals surface area (Å²) in [5.74, 6) is 2.47. The molecule has 0 aliphatic heterocycles. The maximum absolute atomic E-state index is 11.7. The number of hydrogen-bond donors (Lipinski definition) is 2. The summed E-state index contributed by atoms with van der Waals surface area (Å²) in [6.07, 6.45) is 3.00. The van der Waals surface area contributed by atoms with Crippen molar-refractivity contribution in [2.75, 3.05) is 33.8 Å². The molecule has 2 rings (SSSR count). The first-order valence-electron chi connectivity index (χ1n) is 9.44. The molecule has 2 N–H and O–H groups in total. The zero-order chi connectivity index (χ0) is 18.9. The van der Waals surface area contributed by atoms with Gasteiger partial charge >= 0.3 is 0 Å². The molecular formula is C20H33IN4O2. The van der Waals surface area contributed by atoms with E-state index in [1.807, 2.05) is 6.92 Å². The third-order valence-electron chi connectivity index (χ3n) is 4.28. The van der Waals surface area contributed by atoms with Crippen molar-refractivity contribution >= 4 is 35.8 Å². The molecule has 0 radical (unpaired) electrons. The van der Waals surface area contributed by atoms with E-state index in [9.17, 15) is 4.79 Å². The summed E-state index contributed by atoms with van der Waals surface area (Å²) < 4.78 is 6.01. The van der Waals surface area contributed by atoms with Crippen LogP contribution in [0.25, 0.3) is 0 Å². The summed E-state index contributed by atoms with van der Waals surface area (Å²) in [5.41, 5.74) is 2.27. The summed E-state index contributed by atoms with van der Waals surface area (Å²) in [5, 5.41) is 6.44. The van der Waals surface area contributed by atoms with Crippen molar-refractivity contribution in [1.82, 2.24) is 15.5 Å². The number of rotatable bonds is 9. The first kappa shape index (κ1) is 23.5. The number of benzene rings is 1. The van der Waals surface area contributed by atoms with Gasteiger partial charge in [0, 0.05) is 39.2 Å². The van der Waals surface area contributed by atoms with Crippen molar-refractivity contribution in [3.63, 3.8) is 0 Å². The maximum atomic E-state index is 11.7. The Morgan fingerprint density at radius 1 is 1.30 bits per heavy atom. The lowest BCUT2D eigenvalue weighted by molar-refractivity contribution is -0.128. The Bertz CT molecular complexity index is 630. The van der Waals surface area contributed by atoms with Gasteiger partial charge in [0.15, 0.2) is 5.96 Å². The minimum absolute atomic E-state index is 0. The van der Waals surface area contributed by atoms with Crippen molar-refractivity contribution in [2.45, 2.75) is 39.7 Å². The van der Waals surface area contributed by atoms with Crippen LogP contribution in [0, 0.1) is 12.8 Å². The quantitative estimate of drug-likeness (QED) is 0.319. The number of nitrogens with zero attached hydrogens (tertiary/aromatic N) is 2. The Morgan fingerprint density at radius 2 is 2.04 bits per heavy atom. The molecule has 1 aromatic carbocycles.